The Kier molecular flexibility index (Phi) is 5.16. The lowest BCUT2D eigenvalue weighted by Crippen LogP contribution is -2.17. The summed E-state index contributed by atoms with van der Waals surface area (Å²) in [5.74, 6) is -1.13. The number of rotatable bonds is 7. The van der Waals surface area contributed by atoms with Gasteiger partial charge in [0.15, 0.2) is 5.78 Å². The van der Waals surface area contributed by atoms with Crippen molar-refractivity contribution >= 4 is 22.4 Å². The largest absolute Gasteiger partial charge is 0.292 e. The number of nitrogens with zero attached hydrogens (tertiary/aromatic N) is 3. The van der Waals surface area contributed by atoms with E-state index in [0.717, 1.165) is 5.39 Å². The third kappa shape index (κ3) is 4.30. The van der Waals surface area contributed by atoms with Gasteiger partial charge in [-0.3, -0.25) is 25.0 Å². The molecule has 0 radical (unpaired) electrons. The molecule has 0 amide bonds. The van der Waals surface area contributed by atoms with E-state index >= 15 is 0 Å². The highest BCUT2D eigenvalue weighted by atomic mass is 16.6. The van der Waals surface area contributed by atoms with Crippen LogP contribution in [0.1, 0.15) is 28.4 Å². The van der Waals surface area contributed by atoms with Gasteiger partial charge in [-0.05, 0) is 17.7 Å². The summed E-state index contributed by atoms with van der Waals surface area (Å²) in [7, 11) is 0. The second-order valence-electron chi connectivity index (χ2n) is 6.08. The normalized spacial score (nSPS) is 11.9. The maximum Gasteiger partial charge on any atom is 0.269 e. The van der Waals surface area contributed by atoms with E-state index in [9.17, 15) is 25.0 Å². The fraction of sp³-hybridized carbons (Fsp3) is 0.158. The molecule has 0 fully saturated rings. The molecule has 0 aliphatic heterocycles. The highest BCUT2D eigenvalue weighted by Gasteiger charge is 2.24. The lowest BCUT2D eigenvalue weighted by atomic mass is 9.92. The lowest BCUT2D eigenvalue weighted by molar-refractivity contribution is -0.483. The monoisotopic (exact) mass is 365 g/mol. The van der Waals surface area contributed by atoms with Crippen molar-refractivity contribution in [2.24, 2.45) is 0 Å². The van der Waals surface area contributed by atoms with Crippen molar-refractivity contribution in [3.63, 3.8) is 0 Å². The molecule has 27 heavy (non-hydrogen) atoms. The molecule has 3 aromatic rings. The lowest BCUT2D eigenvalue weighted by Gasteiger charge is -2.12. The zero-order valence-electron chi connectivity index (χ0n) is 14.1. The first-order valence-electron chi connectivity index (χ1n) is 8.19. The smallest absolute Gasteiger partial charge is 0.269 e. The molecule has 0 N–H and O–H groups in total. The fourth-order valence-corrected chi connectivity index (χ4v) is 2.91. The van der Waals surface area contributed by atoms with Gasteiger partial charge in [0, 0.05) is 28.9 Å². The number of fused-ring (bicyclic) bond motifs is 1. The molecule has 1 aromatic heterocycles. The summed E-state index contributed by atoms with van der Waals surface area (Å²) in [4.78, 5) is 37.9. The Morgan fingerprint density at radius 3 is 2.52 bits per heavy atom. The molecule has 0 saturated heterocycles. The zero-order chi connectivity index (χ0) is 19.4. The molecular formula is C19H15N3O5. The van der Waals surface area contributed by atoms with Gasteiger partial charge in [-0.2, -0.15) is 0 Å². The number of carbonyl (C=O) groups excluding carboxylic acids is 1. The van der Waals surface area contributed by atoms with Crippen LogP contribution in [0.2, 0.25) is 0 Å². The van der Waals surface area contributed by atoms with E-state index < -0.39 is 22.3 Å². The molecular weight excluding hydrogens is 350 g/mol. The molecule has 0 unspecified atom stereocenters. The Hall–Kier alpha value is -3.68. The van der Waals surface area contributed by atoms with Crippen LogP contribution in [0.5, 0.6) is 0 Å². The maximum absolute atomic E-state index is 12.7. The first kappa shape index (κ1) is 18.1. The van der Waals surface area contributed by atoms with E-state index in [0.29, 0.717) is 11.1 Å². The van der Waals surface area contributed by atoms with Crippen molar-refractivity contribution in [3.05, 3.63) is 92.1 Å². The minimum atomic E-state index is -0.777. The highest BCUT2D eigenvalue weighted by molar-refractivity contribution is 5.96. The second-order valence-corrected chi connectivity index (χ2v) is 6.08. The molecule has 0 aliphatic carbocycles. The van der Waals surface area contributed by atoms with Crippen molar-refractivity contribution in [2.75, 3.05) is 6.54 Å². The minimum Gasteiger partial charge on any atom is -0.292 e. The van der Waals surface area contributed by atoms with Crippen LogP contribution < -0.4 is 0 Å². The summed E-state index contributed by atoms with van der Waals surface area (Å²) in [5.41, 5.74) is 1.09. The molecule has 0 saturated carbocycles. The Balaban J connectivity index is 1.89. The van der Waals surface area contributed by atoms with Crippen molar-refractivity contribution in [1.82, 2.24) is 4.98 Å². The van der Waals surface area contributed by atoms with E-state index in [2.05, 4.69) is 4.98 Å². The molecule has 8 heteroatoms. The van der Waals surface area contributed by atoms with Crippen LogP contribution in [0.4, 0.5) is 5.69 Å². The maximum atomic E-state index is 12.7. The van der Waals surface area contributed by atoms with Crippen molar-refractivity contribution in [3.8, 4) is 0 Å². The van der Waals surface area contributed by atoms with Crippen molar-refractivity contribution in [2.45, 2.75) is 12.3 Å². The number of nitro benzene ring substituents is 1. The van der Waals surface area contributed by atoms with Gasteiger partial charge in [0.05, 0.1) is 16.4 Å². The van der Waals surface area contributed by atoms with Gasteiger partial charge in [0.1, 0.15) is 5.69 Å². The third-order valence-electron chi connectivity index (χ3n) is 4.24. The first-order chi connectivity index (χ1) is 12.9. The number of para-hydroxylation sites is 1. The SMILES string of the molecule is O=C(C[C@@H](C[N+](=O)[O-])c1cccc([N+](=O)[O-])c1)c1ccc2ccccc2n1. The average Bonchev–Trinajstić information content (AvgIpc) is 2.66. The Morgan fingerprint density at radius 2 is 1.78 bits per heavy atom. The van der Waals surface area contributed by atoms with E-state index in [4.69, 9.17) is 0 Å². The number of benzene rings is 2. The summed E-state index contributed by atoms with van der Waals surface area (Å²) in [5, 5.41) is 22.9. The van der Waals surface area contributed by atoms with Gasteiger partial charge < -0.3 is 0 Å². The molecule has 0 bridgehead atoms. The van der Waals surface area contributed by atoms with Gasteiger partial charge in [-0.25, -0.2) is 4.98 Å². The molecule has 0 spiro atoms. The van der Waals surface area contributed by atoms with Crippen molar-refractivity contribution < 1.29 is 14.6 Å². The van der Waals surface area contributed by atoms with E-state index in [1.54, 1.807) is 24.3 Å². The zero-order valence-corrected chi connectivity index (χ0v) is 14.1. The third-order valence-corrected chi connectivity index (χ3v) is 4.24. The topological polar surface area (TPSA) is 116 Å². The van der Waals surface area contributed by atoms with Crippen LogP contribution in [0, 0.1) is 20.2 Å². The number of pyridine rings is 1. The fourth-order valence-electron chi connectivity index (χ4n) is 2.91. The molecule has 1 heterocycles. The predicted molar refractivity (Wildman–Crippen MR) is 98.4 cm³/mol. The molecule has 0 aliphatic rings. The van der Waals surface area contributed by atoms with E-state index in [1.807, 2.05) is 18.2 Å². The number of Topliss-reactive ketones (excluding diaryl/α,β-unsaturated/α-hetero) is 1. The molecule has 8 nitrogen and oxygen atoms in total. The number of nitro groups is 2. The summed E-state index contributed by atoms with van der Waals surface area (Å²) < 4.78 is 0. The van der Waals surface area contributed by atoms with Crippen LogP contribution in [-0.2, 0) is 0 Å². The Labute approximate surface area is 153 Å². The summed E-state index contributed by atoms with van der Waals surface area (Å²) in [6.07, 6.45) is -0.159. The van der Waals surface area contributed by atoms with Gasteiger partial charge in [0.25, 0.3) is 5.69 Å². The summed E-state index contributed by atoms with van der Waals surface area (Å²) in [6.45, 7) is -0.500. The number of hydrogen-bond acceptors (Lipinski definition) is 6. The van der Waals surface area contributed by atoms with Gasteiger partial charge in [0.2, 0.25) is 6.54 Å². The van der Waals surface area contributed by atoms with Crippen LogP contribution in [0.15, 0.2) is 60.7 Å². The standard InChI is InChI=1S/C19H15N3O5/c23-19(18-9-8-13-4-1-2-7-17(13)20-18)11-15(12-21(24)25)14-5-3-6-16(10-14)22(26)27/h1-10,15H,11-12H2/t15-/m0/s1. The van der Waals surface area contributed by atoms with Crippen LogP contribution in [-0.4, -0.2) is 27.2 Å². The minimum absolute atomic E-state index is 0.159. The number of ketones is 1. The summed E-state index contributed by atoms with van der Waals surface area (Å²) in [6, 6.07) is 16.3. The Bertz CT molecular complexity index is 1030. The quantitative estimate of drug-likeness (QED) is 0.357. The van der Waals surface area contributed by atoms with Crippen LogP contribution in [0.25, 0.3) is 10.9 Å². The van der Waals surface area contributed by atoms with Crippen LogP contribution in [0.3, 0.4) is 0 Å². The first-order valence-corrected chi connectivity index (χ1v) is 8.19. The molecule has 2 aromatic carbocycles. The summed E-state index contributed by atoms with van der Waals surface area (Å²) >= 11 is 0. The molecule has 136 valence electrons. The number of carbonyl (C=O) groups is 1. The van der Waals surface area contributed by atoms with Gasteiger partial charge >= 0.3 is 0 Å². The van der Waals surface area contributed by atoms with Gasteiger partial charge in [-0.15, -0.1) is 0 Å². The highest BCUT2D eigenvalue weighted by Crippen LogP contribution is 2.26. The Morgan fingerprint density at radius 1 is 1.00 bits per heavy atom. The average molecular weight is 365 g/mol. The van der Waals surface area contributed by atoms with Gasteiger partial charge in [-0.1, -0.05) is 36.4 Å². The predicted octanol–water partition coefficient (Wildman–Crippen LogP) is 3.78. The van der Waals surface area contributed by atoms with E-state index in [-0.39, 0.29) is 23.6 Å². The van der Waals surface area contributed by atoms with Crippen LogP contribution >= 0.6 is 0 Å². The second kappa shape index (κ2) is 7.69. The number of aromatic nitrogens is 1. The van der Waals surface area contributed by atoms with Crippen molar-refractivity contribution in [1.29, 1.82) is 0 Å². The van der Waals surface area contributed by atoms with E-state index in [1.165, 1.54) is 18.2 Å². The molecule has 3 rings (SSSR count). The molecule has 1 atom stereocenters. The number of non-ortho nitro benzene ring substituents is 1. The number of hydrogen-bond donors (Lipinski definition) is 0.